The molecular weight excluding hydrogens is 541 g/mol. The largest absolute Gasteiger partial charge is 0.342 e. The van der Waals surface area contributed by atoms with Crippen molar-refractivity contribution in [1.82, 2.24) is 0 Å². The Kier molecular flexibility index (Phi) is 8.38. The molecule has 0 unspecified atom stereocenters. The average Bonchev–Trinajstić information content (AvgIpc) is 2.79. The highest BCUT2D eigenvalue weighted by molar-refractivity contribution is 7.86. The highest BCUT2D eigenvalue weighted by atomic mass is 127. The van der Waals surface area contributed by atoms with Crippen molar-refractivity contribution in [3.8, 4) is 0 Å². The van der Waals surface area contributed by atoms with Crippen LogP contribution in [0.1, 0.15) is 37.8 Å². The second-order valence-electron chi connectivity index (χ2n) is 7.24. The van der Waals surface area contributed by atoms with Crippen LogP contribution in [0.15, 0.2) is 77.7 Å². The fraction of sp³-hybridized carbons (Fsp3) is 0.250. The van der Waals surface area contributed by atoms with Crippen LogP contribution in [0.5, 0.6) is 0 Å². The van der Waals surface area contributed by atoms with E-state index >= 15 is 0 Å². The Morgan fingerprint density at radius 3 is 1.72 bits per heavy atom. The van der Waals surface area contributed by atoms with Crippen molar-refractivity contribution in [3.63, 3.8) is 0 Å². The van der Waals surface area contributed by atoms with E-state index < -0.39 is 45.9 Å². The smallest absolute Gasteiger partial charge is 0.258 e. The lowest BCUT2D eigenvalue weighted by molar-refractivity contribution is -1.03. The summed E-state index contributed by atoms with van der Waals surface area (Å²) in [6.07, 6.45) is 3.91. The predicted molar refractivity (Wildman–Crippen MR) is 120 cm³/mol. The SMILES string of the molecule is CCCc1ccc([I+](OS(=O)(=O)c2ccccc2[N+](=O)[O-])c2ccc(CCC)cc2)cc1. The van der Waals surface area contributed by atoms with Crippen LogP contribution < -0.4 is 20.2 Å². The van der Waals surface area contributed by atoms with Crippen LogP contribution in [0.2, 0.25) is 0 Å². The molecule has 3 rings (SSSR count). The van der Waals surface area contributed by atoms with Gasteiger partial charge in [0.1, 0.15) is 0 Å². The Bertz CT molecular complexity index is 1110. The Hall–Kier alpha value is -2.30. The lowest BCUT2D eigenvalue weighted by Crippen LogP contribution is -3.85. The van der Waals surface area contributed by atoms with E-state index in [0.717, 1.165) is 32.8 Å². The van der Waals surface area contributed by atoms with Gasteiger partial charge in [-0.3, -0.25) is 10.1 Å². The summed E-state index contributed by atoms with van der Waals surface area (Å²) in [5.74, 6) is 0. The van der Waals surface area contributed by atoms with Crippen LogP contribution in [0.3, 0.4) is 0 Å². The number of nitro benzene ring substituents is 1. The Balaban J connectivity index is 2.03. The number of hydrogen-bond acceptors (Lipinski definition) is 5. The molecule has 0 bridgehead atoms. The molecule has 0 amide bonds. The Labute approximate surface area is 196 Å². The van der Waals surface area contributed by atoms with Crippen molar-refractivity contribution in [3.05, 3.63) is 101 Å². The van der Waals surface area contributed by atoms with Crippen LogP contribution in [-0.2, 0) is 25.5 Å². The minimum Gasteiger partial charge on any atom is -0.258 e. The van der Waals surface area contributed by atoms with Gasteiger partial charge in [0, 0.05) is 6.07 Å². The summed E-state index contributed by atoms with van der Waals surface area (Å²) in [7, 11) is -4.34. The predicted octanol–water partition coefficient (Wildman–Crippen LogP) is 2.48. The van der Waals surface area contributed by atoms with Gasteiger partial charge in [0.15, 0.2) is 12.0 Å². The molecule has 0 aromatic heterocycles. The summed E-state index contributed by atoms with van der Waals surface area (Å²) in [5.41, 5.74) is 1.86. The molecule has 3 aromatic carbocycles. The monoisotopic (exact) mass is 567 g/mol. The number of halogens is 1. The van der Waals surface area contributed by atoms with E-state index in [0.29, 0.717) is 0 Å². The summed E-state index contributed by atoms with van der Waals surface area (Å²) in [5, 5.41) is 11.4. The van der Waals surface area contributed by atoms with E-state index in [4.69, 9.17) is 2.51 Å². The van der Waals surface area contributed by atoms with Crippen molar-refractivity contribution < 1.29 is 36.1 Å². The third-order valence-electron chi connectivity index (χ3n) is 4.78. The van der Waals surface area contributed by atoms with E-state index in [-0.39, 0.29) is 0 Å². The molecule has 3 aromatic rings. The van der Waals surface area contributed by atoms with Crippen LogP contribution in [-0.4, -0.2) is 13.3 Å². The summed E-state index contributed by atoms with van der Waals surface area (Å²) in [6.45, 7) is 4.21. The third kappa shape index (κ3) is 5.93. The molecule has 0 aliphatic rings. The van der Waals surface area contributed by atoms with E-state index in [2.05, 4.69) is 13.8 Å². The second kappa shape index (κ2) is 11.0. The number of rotatable bonds is 10. The molecule has 0 fully saturated rings. The molecule has 32 heavy (non-hydrogen) atoms. The van der Waals surface area contributed by atoms with Crippen LogP contribution in [0, 0.1) is 17.3 Å². The fourth-order valence-corrected chi connectivity index (χ4v) is 10.3. The van der Waals surface area contributed by atoms with Crippen molar-refractivity contribution >= 4 is 15.8 Å². The first-order chi connectivity index (χ1) is 15.4. The lowest BCUT2D eigenvalue weighted by atomic mass is 10.1. The zero-order valence-electron chi connectivity index (χ0n) is 18.0. The van der Waals surface area contributed by atoms with Crippen molar-refractivity contribution in [2.24, 2.45) is 0 Å². The first-order valence-corrected chi connectivity index (χ1v) is 14.9. The van der Waals surface area contributed by atoms with Crippen LogP contribution in [0.25, 0.3) is 0 Å². The molecule has 169 valence electrons. The molecule has 0 aliphatic carbocycles. The zero-order valence-corrected chi connectivity index (χ0v) is 21.0. The zero-order chi connectivity index (χ0) is 23.1. The molecule has 0 saturated heterocycles. The Morgan fingerprint density at radius 1 is 0.812 bits per heavy atom. The van der Waals surface area contributed by atoms with E-state index in [9.17, 15) is 18.5 Å². The van der Waals surface area contributed by atoms with Gasteiger partial charge >= 0.3 is 30.4 Å². The van der Waals surface area contributed by atoms with Gasteiger partial charge in [-0.25, -0.2) is 0 Å². The average molecular weight is 567 g/mol. The molecule has 0 heterocycles. The maximum atomic E-state index is 13.2. The summed E-state index contributed by atoms with van der Waals surface area (Å²) >= 11 is -2.91. The molecule has 8 heteroatoms. The molecular formula is C24H26INO5S+. The first kappa shape index (κ1) is 24.3. The minimum absolute atomic E-state index is 0.419. The summed E-state index contributed by atoms with van der Waals surface area (Å²) in [6, 6.07) is 21.0. The van der Waals surface area contributed by atoms with Gasteiger partial charge in [-0.1, -0.05) is 63.1 Å². The van der Waals surface area contributed by atoms with Gasteiger partial charge < -0.3 is 0 Å². The molecule has 1 radical (unpaired) electrons. The molecule has 0 aliphatic heterocycles. The highest BCUT2D eigenvalue weighted by Gasteiger charge is 2.40. The quantitative estimate of drug-likeness (QED) is 0.214. The van der Waals surface area contributed by atoms with Gasteiger partial charge in [0.05, 0.1) is 4.92 Å². The molecule has 6 nitrogen and oxygen atoms in total. The van der Waals surface area contributed by atoms with E-state index in [1.807, 2.05) is 48.5 Å². The standard InChI is InChI=1S/C24H26INO5S/c1-3-7-19-11-15-21(16-12-19)25(22-17-13-20(8-4-2)14-18-22)31-32(29,30)24-10-6-5-9-23(24)26(27)28/h5-6,9-18H,3-4,7-8H2,1-2H3/q+1. The van der Waals surface area contributed by atoms with Gasteiger partial charge in [-0.15, -0.1) is 0 Å². The van der Waals surface area contributed by atoms with Crippen LogP contribution >= 0.6 is 0 Å². The normalized spacial score (nSPS) is 11.6. The number of hydrogen-bond donors (Lipinski definition) is 0. The molecule has 0 atom stereocenters. The van der Waals surface area contributed by atoms with Crippen molar-refractivity contribution in [2.45, 2.75) is 44.4 Å². The van der Waals surface area contributed by atoms with Crippen molar-refractivity contribution in [2.75, 3.05) is 0 Å². The number of nitro groups is 1. The van der Waals surface area contributed by atoms with E-state index in [1.54, 1.807) is 0 Å². The number of aryl methyl sites for hydroxylation is 2. The van der Waals surface area contributed by atoms with Crippen LogP contribution in [0.4, 0.5) is 5.69 Å². The fourth-order valence-electron chi connectivity index (χ4n) is 3.24. The second-order valence-corrected chi connectivity index (χ2v) is 13.7. The van der Waals surface area contributed by atoms with E-state index in [1.165, 1.54) is 35.4 Å². The van der Waals surface area contributed by atoms with Gasteiger partial charge in [0.25, 0.3) is 5.69 Å². The number of nitrogens with zero attached hydrogens (tertiary/aromatic N) is 1. The topological polar surface area (TPSA) is 86.5 Å². The maximum Gasteiger partial charge on any atom is 0.342 e. The summed E-state index contributed by atoms with van der Waals surface area (Å²) < 4.78 is 33.8. The summed E-state index contributed by atoms with van der Waals surface area (Å²) in [4.78, 5) is 10.3. The Morgan fingerprint density at radius 2 is 1.28 bits per heavy atom. The number of para-hydroxylation sites is 1. The molecule has 0 saturated carbocycles. The van der Waals surface area contributed by atoms with Gasteiger partial charge in [-0.05, 0) is 56.8 Å². The minimum atomic E-state index is -4.34. The molecule has 0 N–H and O–H groups in total. The third-order valence-corrected chi connectivity index (χ3v) is 12.2. The lowest BCUT2D eigenvalue weighted by Gasteiger charge is -2.08. The number of benzene rings is 3. The highest BCUT2D eigenvalue weighted by Crippen LogP contribution is 2.23. The molecule has 0 spiro atoms. The van der Waals surface area contributed by atoms with Gasteiger partial charge in [0.2, 0.25) is 0 Å². The van der Waals surface area contributed by atoms with Gasteiger partial charge in [-0.2, -0.15) is 8.42 Å². The van der Waals surface area contributed by atoms with Crippen molar-refractivity contribution in [1.29, 1.82) is 0 Å². The maximum absolute atomic E-state index is 13.2. The first-order valence-electron chi connectivity index (χ1n) is 10.4.